The number of para-hydroxylation sites is 4. The van der Waals surface area contributed by atoms with Gasteiger partial charge in [0.1, 0.15) is 32.7 Å². The summed E-state index contributed by atoms with van der Waals surface area (Å²) in [5.74, 6) is 0.482. The number of benzene rings is 7. The van der Waals surface area contributed by atoms with E-state index in [1.807, 2.05) is 71.6 Å². The molecule has 0 atom stereocenters. The second-order valence-electron chi connectivity index (χ2n) is 12.9. The maximum absolute atomic E-state index is 6.30. The van der Waals surface area contributed by atoms with E-state index in [1.54, 1.807) is 11.3 Å². The Balaban J connectivity index is 1.03. The molecule has 4 aromatic heterocycles. The topological polar surface area (TPSA) is 71.4 Å². The van der Waals surface area contributed by atoms with Gasteiger partial charge in [0.2, 0.25) is 0 Å². The molecule has 250 valence electrons. The Bertz CT molecular complexity index is 2940. The third-order valence-corrected chi connectivity index (χ3v) is 10.8. The zero-order valence-corrected chi connectivity index (χ0v) is 28.9. The molecule has 53 heavy (non-hydrogen) atoms. The van der Waals surface area contributed by atoms with E-state index in [-0.39, 0.29) is 0 Å². The fourth-order valence-electron chi connectivity index (χ4n) is 7.36. The first kappa shape index (κ1) is 29.7. The van der Waals surface area contributed by atoms with Crippen LogP contribution < -0.4 is 9.80 Å². The highest BCUT2D eigenvalue weighted by Gasteiger charge is 2.21. The second kappa shape index (κ2) is 11.8. The molecular weight excluding hydrogens is 675 g/mol. The van der Waals surface area contributed by atoms with Crippen LogP contribution in [0.4, 0.5) is 34.4 Å². The highest BCUT2D eigenvalue weighted by molar-refractivity contribution is 7.25. The molecular formula is C45H27N5O2S. The number of rotatable bonds is 6. The number of anilines is 6. The Kier molecular flexibility index (Phi) is 6.59. The van der Waals surface area contributed by atoms with Crippen LogP contribution in [0.5, 0.6) is 0 Å². The molecule has 0 radical (unpaired) electrons. The molecule has 0 saturated heterocycles. The summed E-state index contributed by atoms with van der Waals surface area (Å²) in [4.78, 5) is 10.2. The molecule has 0 aliphatic heterocycles. The Hall–Kier alpha value is -7.03. The van der Waals surface area contributed by atoms with Crippen LogP contribution in [0.25, 0.3) is 64.3 Å². The maximum atomic E-state index is 6.30. The quantitative estimate of drug-likeness (QED) is 0.171. The summed E-state index contributed by atoms with van der Waals surface area (Å²) >= 11 is 1.61. The van der Waals surface area contributed by atoms with Crippen molar-refractivity contribution in [2.45, 2.75) is 0 Å². The Labute approximate surface area is 306 Å². The van der Waals surface area contributed by atoms with Crippen LogP contribution in [0, 0.1) is 0 Å². The number of nitrogens with zero attached hydrogens (tertiary/aromatic N) is 5. The van der Waals surface area contributed by atoms with Crippen LogP contribution >= 0.6 is 11.3 Å². The molecule has 4 heterocycles. The lowest BCUT2D eigenvalue weighted by atomic mass is 10.1. The van der Waals surface area contributed by atoms with Crippen LogP contribution in [0.3, 0.4) is 0 Å². The molecule has 8 heteroatoms. The van der Waals surface area contributed by atoms with Gasteiger partial charge in [-0.25, -0.2) is 0 Å². The van der Waals surface area contributed by atoms with Crippen molar-refractivity contribution >= 4 is 110 Å². The zero-order chi connectivity index (χ0) is 34.9. The summed E-state index contributed by atoms with van der Waals surface area (Å²) in [5, 5.41) is 14.9. The van der Waals surface area contributed by atoms with Crippen molar-refractivity contribution in [1.82, 2.24) is 15.2 Å². The van der Waals surface area contributed by atoms with Crippen LogP contribution in [0.15, 0.2) is 173 Å². The van der Waals surface area contributed by atoms with Crippen molar-refractivity contribution < 1.29 is 8.83 Å². The molecule has 11 rings (SSSR count). The summed E-state index contributed by atoms with van der Waals surface area (Å²) in [7, 11) is 0. The standard InChI is InChI=1S/C45H27N5O2S/c1-3-11-28(12-4-1)49(30-19-22-35-33-15-7-9-17-38(33)51-40(35)25-30)32-21-24-37-42(27-32)53-44-43(37)47-48-45(46-44)50(29-13-5-2-6-14-29)31-20-23-36-34-16-8-10-18-39(34)52-41(36)26-31/h1-27H. The molecule has 0 N–H and O–H groups in total. The maximum Gasteiger partial charge on any atom is 0.255 e. The van der Waals surface area contributed by atoms with E-state index in [9.17, 15) is 0 Å². The minimum atomic E-state index is 0.482. The van der Waals surface area contributed by atoms with Gasteiger partial charge < -0.3 is 13.7 Å². The Morgan fingerprint density at radius 2 is 0.887 bits per heavy atom. The van der Waals surface area contributed by atoms with Crippen LogP contribution in [0.2, 0.25) is 0 Å². The minimum absolute atomic E-state index is 0.482. The van der Waals surface area contributed by atoms with Gasteiger partial charge in [0.25, 0.3) is 5.95 Å². The number of hydrogen-bond donors (Lipinski definition) is 0. The highest BCUT2D eigenvalue weighted by Crippen LogP contribution is 2.43. The van der Waals surface area contributed by atoms with E-state index in [2.05, 4.69) is 102 Å². The van der Waals surface area contributed by atoms with Crippen molar-refractivity contribution in [2.75, 3.05) is 9.80 Å². The molecule has 7 nitrogen and oxygen atoms in total. The smallest absolute Gasteiger partial charge is 0.255 e. The van der Waals surface area contributed by atoms with Gasteiger partial charge in [0.05, 0.1) is 5.69 Å². The van der Waals surface area contributed by atoms with Gasteiger partial charge in [-0.05, 0) is 78.9 Å². The molecule has 0 amide bonds. The van der Waals surface area contributed by atoms with Gasteiger partial charge in [-0.1, -0.05) is 72.8 Å². The predicted octanol–water partition coefficient (Wildman–Crippen LogP) is 13.0. The molecule has 0 aliphatic rings. The molecule has 0 spiro atoms. The summed E-state index contributed by atoms with van der Waals surface area (Å²) in [6.07, 6.45) is 0. The fourth-order valence-corrected chi connectivity index (χ4v) is 8.40. The van der Waals surface area contributed by atoms with Gasteiger partial charge in [-0.3, -0.25) is 4.90 Å². The summed E-state index contributed by atoms with van der Waals surface area (Å²) in [6, 6.07) is 55.9. The van der Waals surface area contributed by atoms with Crippen molar-refractivity contribution in [3.05, 3.63) is 164 Å². The first-order chi connectivity index (χ1) is 26.2. The molecule has 11 aromatic rings. The Morgan fingerprint density at radius 3 is 1.51 bits per heavy atom. The number of aromatic nitrogens is 3. The van der Waals surface area contributed by atoms with Crippen LogP contribution in [-0.2, 0) is 0 Å². The SMILES string of the molecule is c1ccc(N(c2ccc3c(c2)oc2ccccc23)c2ccc3c(c2)sc2nc(N(c4ccccc4)c4ccc5c(c4)oc4ccccc45)nnc23)cc1. The molecule has 0 unspecified atom stereocenters. The van der Waals surface area contributed by atoms with Gasteiger partial charge >= 0.3 is 0 Å². The molecule has 0 aliphatic carbocycles. The van der Waals surface area contributed by atoms with Gasteiger partial charge in [0.15, 0.2) is 0 Å². The van der Waals surface area contributed by atoms with Crippen molar-refractivity contribution in [3.63, 3.8) is 0 Å². The summed E-state index contributed by atoms with van der Waals surface area (Å²) in [5.41, 5.74) is 9.03. The third kappa shape index (κ3) is 4.84. The van der Waals surface area contributed by atoms with Crippen molar-refractivity contribution in [1.29, 1.82) is 0 Å². The normalized spacial score (nSPS) is 11.8. The first-order valence-corrected chi connectivity index (χ1v) is 18.2. The molecule has 7 aromatic carbocycles. The van der Waals surface area contributed by atoms with Gasteiger partial charge in [-0.15, -0.1) is 21.5 Å². The van der Waals surface area contributed by atoms with E-state index >= 15 is 0 Å². The fraction of sp³-hybridized carbons (Fsp3) is 0. The van der Waals surface area contributed by atoms with Crippen molar-refractivity contribution in [2.24, 2.45) is 0 Å². The number of thiophene rings is 1. The average Bonchev–Trinajstić information content (AvgIpc) is 3.89. The van der Waals surface area contributed by atoms with E-state index in [0.717, 1.165) is 92.7 Å². The highest BCUT2D eigenvalue weighted by atomic mass is 32.1. The monoisotopic (exact) mass is 701 g/mol. The van der Waals surface area contributed by atoms with E-state index in [4.69, 9.17) is 24.0 Å². The van der Waals surface area contributed by atoms with Gasteiger partial charge in [0, 0.05) is 66.5 Å². The first-order valence-electron chi connectivity index (χ1n) is 17.4. The number of furan rings is 2. The lowest BCUT2D eigenvalue weighted by molar-refractivity contribution is 0.668. The van der Waals surface area contributed by atoms with Gasteiger partial charge in [-0.2, -0.15) is 4.98 Å². The molecule has 0 fully saturated rings. The number of hydrogen-bond acceptors (Lipinski definition) is 8. The zero-order valence-electron chi connectivity index (χ0n) is 28.0. The van der Waals surface area contributed by atoms with Crippen LogP contribution in [-0.4, -0.2) is 15.2 Å². The van der Waals surface area contributed by atoms with E-state index in [0.29, 0.717) is 5.95 Å². The average molecular weight is 702 g/mol. The summed E-state index contributed by atoms with van der Waals surface area (Å²) < 4.78 is 13.6. The predicted molar refractivity (Wildman–Crippen MR) is 217 cm³/mol. The third-order valence-electron chi connectivity index (χ3n) is 9.80. The van der Waals surface area contributed by atoms with E-state index in [1.165, 1.54) is 0 Å². The molecule has 0 saturated carbocycles. The number of fused-ring (bicyclic) bond motifs is 9. The molecule has 0 bridgehead atoms. The lowest BCUT2D eigenvalue weighted by Gasteiger charge is -2.25. The van der Waals surface area contributed by atoms with Crippen molar-refractivity contribution in [3.8, 4) is 0 Å². The largest absolute Gasteiger partial charge is 0.456 e. The lowest BCUT2D eigenvalue weighted by Crippen LogP contribution is -2.13. The van der Waals surface area contributed by atoms with E-state index < -0.39 is 0 Å². The second-order valence-corrected chi connectivity index (χ2v) is 14.0. The van der Waals surface area contributed by atoms with Crippen LogP contribution in [0.1, 0.15) is 0 Å². The Morgan fingerprint density at radius 1 is 0.396 bits per heavy atom. The summed E-state index contributed by atoms with van der Waals surface area (Å²) in [6.45, 7) is 0. The minimum Gasteiger partial charge on any atom is -0.456 e.